The Bertz CT molecular complexity index is 414. The minimum Gasteiger partial charge on any atom is -0.468 e. The first kappa shape index (κ1) is 12.6. The number of ether oxygens (including phenoxy) is 1. The highest BCUT2D eigenvalue weighted by atomic mass is 35.5. The van der Waals surface area contributed by atoms with Gasteiger partial charge < -0.3 is 14.2 Å². The van der Waals surface area contributed by atoms with E-state index in [9.17, 15) is 9.59 Å². The summed E-state index contributed by atoms with van der Waals surface area (Å²) in [7, 11) is 4.52. The fourth-order valence-electron chi connectivity index (χ4n) is 1.26. The maximum Gasteiger partial charge on any atom is 0.325 e. The van der Waals surface area contributed by atoms with Crippen molar-refractivity contribution in [3.05, 3.63) is 23.0 Å². The molecule has 6 heteroatoms. The summed E-state index contributed by atoms with van der Waals surface area (Å²) >= 11 is 5.76. The van der Waals surface area contributed by atoms with Gasteiger partial charge in [0.25, 0.3) is 5.91 Å². The molecule has 0 N–H and O–H groups in total. The quantitative estimate of drug-likeness (QED) is 0.743. The summed E-state index contributed by atoms with van der Waals surface area (Å²) in [4.78, 5) is 24.1. The SMILES string of the molecule is COC(=O)CN(C)C(=O)c1cc(Cl)cn1C. The predicted molar refractivity (Wildman–Crippen MR) is 59.4 cm³/mol. The molecule has 1 amide bonds. The summed E-state index contributed by atoms with van der Waals surface area (Å²) in [6, 6.07) is 1.55. The third-order valence-corrected chi connectivity index (χ3v) is 2.34. The van der Waals surface area contributed by atoms with Crippen molar-refractivity contribution in [3.63, 3.8) is 0 Å². The van der Waals surface area contributed by atoms with Crippen LogP contribution in [0.4, 0.5) is 0 Å². The molecule has 0 atom stereocenters. The van der Waals surface area contributed by atoms with Gasteiger partial charge in [0.05, 0.1) is 12.1 Å². The summed E-state index contributed by atoms with van der Waals surface area (Å²) < 4.78 is 6.09. The smallest absolute Gasteiger partial charge is 0.325 e. The lowest BCUT2D eigenvalue weighted by molar-refractivity contribution is -0.141. The van der Waals surface area contributed by atoms with E-state index in [2.05, 4.69) is 4.74 Å². The van der Waals surface area contributed by atoms with Crippen LogP contribution in [0.3, 0.4) is 0 Å². The summed E-state index contributed by atoms with van der Waals surface area (Å²) in [5.41, 5.74) is 0.427. The van der Waals surface area contributed by atoms with E-state index < -0.39 is 5.97 Å². The monoisotopic (exact) mass is 244 g/mol. The van der Waals surface area contributed by atoms with Gasteiger partial charge in [-0.25, -0.2) is 0 Å². The van der Waals surface area contributed by atoms with Crippen molar-refractivity contribution in [2.24, 2.45) is 7.05 Å². The Kier molecular flexibility index (Phi) is 3.95. The number of carbonyl (C=O) groups is 2. The van der Waals surface area contributed by atoms with Gasteiger partial charge in [0.15, 0.2) is 0 Å². The fourth-order valence-corrected chi connectivity index (χ4v) is 1.51. The van der Waals surface area contributed by atoms with Crippen LogP contribution >= 0.6 is 11.6 Å². The van der Waals surface area contributed by atoms with Crippen LogP contribution in [0, 0.1) is 0 Å². The van der Waals surface area contributed by atoms with E-state index in [0.717, 1.165) is 0 Å². The van der Waals surface area contributed by atoms with E-state index in [-0.39, 0.29) is 12.5 Å². The normalized spacial score (nSPS) is 10.0. The average molecular weight is 245 g/mol. The third kappa shape index (κ3) is 2.76. The highest BCUT2D eigenvalue weighted by molar-refractivity contribution is 6.31. The van der Waals surface area contributed by atoms with Crippen molar-refractivity contribution in [1.29, 1.82) is 0 Å². The largest absolute Gasteiger partial charge is 0.468 e. The molecule has 16 heavy (non-hydrogen) atoms. The van der Waals surface area contributed by atoms with Gasteiger partial charge in [-0.2, -0.15) is 0 Å². The van der Waals surface area contributed by atoms with Crippen LogP contribution in [0.1, 0.15) is 10.5 Å². The topological polar surface area (TPSA) is 51.5 Å². The molecule has 0 unspecified atom stereocenters. The molecular formula is C10H13ClN2O3. The summed E-state index contributed by atoms with van der Waals surface area (Å²) in [5.74, 6) is -0.740. The van der Waals surface area contributed by atoms with Crippen LogP contribution in [-0.2, 0) is 16.6 Å². The van der Waals surface area contributed by atoms with E-state index in [1.54, 1.807) is 23.9 Å². The van der Waals surface area contributed by atoms with Crippen molar-refractivity contribution in [2.75, 3.05) is 20.7 Å². The van der Waals surface area contributed by atoms with Crippen molar-refractivity contribution in [1.82, 2.24) is 9.47 Å². The average Bonchev–Trinajstić information content (AvgIpc) is 2.56. The number of hydrogen-bond donors (Lipinski definition) is 0. The first-order valence-electron chi connectivity index (χ1n) is 4.60. The van der Waals surface area contributed by atoms with Crippen LogP contribution < -0.4 is 0 Å². The molecule has 0 aliphatic rings. The molecule has 1 aromatic heterocycles. The number of esters is 1. The molecule has 0 saturated carbocycles. The number of amides is 1. The summed E-state index contributed by atoms with van der Waals surface area (Å²) in [5, 5.41) is 0.484. The maximum atomic E-state index is 11.9. The van der Waals surface area contributed by atoms with Crippen molar-refractivity contribution < 1.29 is 14.3 Å². The van der Waals surface area contributed by atoms with E-state index >= 15 is 0 Å². The molecule has 5 nitrogen and oxygen atoms in total. The molecule has 1 heterocycles. The molecule has 1 rings (SSSR count). The second kappa shape index (κ2) is 5.03. The van der Waals surface area contributed by atoms with Crippen LogP contribution in [0.15, 0.2) is 12.3 Å². The van der Waals surface area contributed by atoms with E-state index in [1.807, 2.05) is 0 Å². The van der Waals surface area contributed by atoms with Gasteiger partial charge in [0.2, 0.25) is 0 Å². The number of methoxy groups -OCH3 is 1. The van der Waals surface area contributed by atoms with Gasteiger partial charge in [-0.15, -0.1) is 0 Å². The maximum absolute atomic E-state index is 11.9. The lowest BCUT2D eigenvalue weighted by atomic mass is 10.3. The Hall–Kier alpha value is -1.49. The Morgan fingerprint density at radius 1 is 1.56 bits per heavy atom. The van der Waals surface area contributed by atoms with E-state index in [4.69, 9.17) is 11.6 Å². The second-order valence-corrected chi connectivity index (χ2v) is 3.83. The highest BCUT2D eigenvalue weighted by Gasteiger charge is 2.18. The Balaban J connectivity index is 2.78. The zero-order valence-electron chi connectivity index (χ0n) is 9.36. The number of nitrogens with zero attached hydrogens (tertiary/aromatic N) is 2. The van der Waals surface area contributed by atoms with Gasteiger partial charge in [0.1, 0.15) is 12.2 Å². The zero-order chi connectivity index (χ0) is 12.3. The second-order valence-electron chi connectivity index (χ2n) is 3.39. The van der Waals surface area contributed by atoms with Crippen molar-refractivity contribution >= 4 is 23.5 Å². The number of hydrogen-bond acceptors (Lipinski definition) is 3. The Morgan fingerprint density at radius 3 is 2.62 bits per heavy atom. The molecule has 0 saturated heterocycles. The highest BCUT2D eigenvalue weighted by Crippen LogP contribution is 2.14. The predicted octanol–water partition coefficient (Wildman–Crippen LogP) is 0.923. The van der Waals surface area contributed by atoms with Gasteiger partial charge in [0, 0.05) is 20.3 Å². The Morgan fingerprint density at radius 2 is 2.19 bits per heavy atom. The summed E-state index contributed by atoms with van der Waals surface area (Å²) in [6.45, 7) is -0.0852. The number of aromatic nitrogens is 1. The van der Waals surface area contributed by atoms with Crippen LogP contribution in [0.2, 0.25) is 5.02 Å². The molecule has 0 bridgehead atoms. The minimum absolute atomic E-state index is 0.0852. The number of carbonyl (C=O) groups excluding carboxylic acids is 2. The Labute approximate surface area is 98.5 Å². The minimum atomic E-state index is -0.462. The van der Waals surface area contributed by atoms with Crippen LogP contribution in [-0.4, -0.2) is 42.0 Å². The van der Waals surface area contributed by atoms with E-state index in [0.29, 0.717) is 10.7 Å². The molecule has 88 valence electrons. The van der Waals surface area contributed by atoms with Crippen LogP contribution in [0.25, 0.3) is 0 Å². The van der Waals surface area contributed by atoms with Gasteiger partial charge in [-0.05, 0) is 6.07 Å². The molecule has 0 radical (unpaired) electrons. The first-order valence-corrected chi connectivity index (χ1v) is 4.97. The molecule has 0 aromatic carbocycles. The number of rotatable bonds is 3. The number of aryl methyl sites for hydroxylation is 1. The van der Waals surface area contributed by atoms with Gasteiger partial charge in [-0.1, -0.05) is 11.6 Å². The number of halogens is 1. The fraction of sp³-hybridized carbons (Fsp3) is 0.400. The molecule has 1 aromatic rings. The molecule has 0 aliphatic heterocycles. The zero-order valence-corrected chi connectivity index (χ0v) is 10.1. The molecule has 0 aliphatic carbocycles. The van der Waals surface area contributed by atoms with Crippen LogP contribution in [0.5, 0.6) is 0 Å². The molecule has 0 fully saturated rings. The number of likely N-dealkylation sites (N-methyl/N-ethyl adjacent to an activating group) is 1. The van der Waals surface area contributed by atoms with Crippen molar-refractivity contribution in [3.8, 4) is 0 Å². The van der Waals surface area contributed by atoms with E-state index in [1.165, 1.54) is 19.1 Å². The summed E-state index contributed by atoms with van der Waals surface area (Å²) in [6.07, 6.45) is 1.63. The lowest BCUT2D eigenvalue weighted by Crippen LogP contribution is -2.33. The molecule has 0 spiro atoms. The standard InChI is InChI=1S/C10H13ClN2O3/c1-12-5-7(11)4-8(12)10(15)13(2)6-9(14)16-3/h4-5H,6H2,1-3H3. The van der Waals surface area contributed by atoms with Crippen molar-refractivity contribution in [2.45, 2.75) is 0 Å². The van der Waals surface area contributed by atoms with Gasteiger partial charge in [-0.3, -0.25) is 9.59 Å². The lowest BCUT2D eigenvalue weighted by Gasteiger charge is -2.15. The first-order chi connectivity index (χ1) is 7.45. The van der Waals surface area contributed by atoms with Gasteiger partial charge >= 0.3 is 5.97 Å². The third-order valence-electron chi connectivity index (χ3n) is 2.13. The molecular weight excluding hydrogens is 232 g/mol.